The number of thiazole rings is 1. The zero-order chi connectivity index (χ0) is 20.8. The number of aromatic nitrogens is 1. The van der Waals surface area contributed by atoms with E-state index in [1.54, 1.807) is 0 Å². The minimum atomic E-state index is -0.432. The molecule has 0 unspecified atom stereocenters. The Hall–Kier alpha value is -3.02. The van der Waals surface area contributed by atoms with Gasteiger partial charge in [0.15, 0.2) is 4.80 Å². The number of carbonyl (C=O) groups excluding carboxylic acids is 1. The van der Waals surface area contributed by atoms with Gasteiger partial charge in [-0.1, -0.05) is 84.1 Å². The number of hydrogen-bond acceptors (Lipinski definition) is 3. The van der Waals surface area contributed by atoms with Crippen LogP contribution in [-0.2, 0) is 16.1 Å². The molecule has 152 valence electrons. The molecule has 0 radical (unpaired) electrons. The quantitative estimate of drug-likeness (QED) is 0.398. The maximum Gasteiger partial charge on any atom is 0.260 e. The summed E-state index contributed by atoms with van der Waals surface area (Å²) in [7, 11) is 0. The molecule has 0 spiro atoms. The Morgan fingerprint density at radius 3 is 2.17 bits per heavy atom. The molecule has 3 aromatic carbocycles. The zero-order valence-corrected chi connectivity index (χ0v) is 17.7. The lowest BCUT2D eigenvalue weighted by molar-refractivity contribution is -0.118. The Bertz CT molecular complexity index is 1140. The van der Waals surface area contributed by atoms with E-state index in [1.165, 1.54) is 11.3 Å². The third kappa shape index (κ3) is 4.42. The highest BCUT2D eigenvalue weighted by Crippen LogP contribution is 2.26. The Morgan fingerprint density at radius 2 is 1.53 bits per heavy atom. The third-order valence-electron chi connectivity index (χ3n) is 4.97. The van der Waals surface area contributed by atoms with Gasteiger partial charge < -0.3 is 9.30 Å². The summed E-state index contributed by atoms with van der Waals surface area (Å²) in [4.78, 5) is 18.8. The van der Waals surface area contributed by atoms with E-state index in [4.69, 9.17) is 4.74 Å². The maximum absolute atomic E-state index is 13.5. The summed E-state index contributed by atoms with van der Waals surface area (Å²) in [5, 5.41) is 0. The molecule has 0 saturated carbocycles. The minimum Gasteiger partial charge on any atom is -0.380 e. The van der Waals surface area contributed by atoms with Crippen LogP contribution < -0.4 is 4.80 Å². The van der Waals surface area contributed by atoms with E-state index in [1.807, 2.05) is 79.7 Å². The average molecular weight is 417 g/mol. The minimum absolute atomic E-state index is 0.163. The zero-order valence-electron chi connectivity index (χ0n) is 16.9. The molecular weight excluding hydrogens is 392 g/mol. The monoisotopic (exact) mass is 416 g/mol. The molecule has 4 rings (SSSR count). The van der Waals surface area contributed by atoms with Gasteiger partial charge in [0.25, 0.3) is 5.91 Å². The van der Waals surface area contributed by atoms with Crippen LogP contribution in [0.4, 0.5) is 0 Å². The molecular formula is C25H24N2O2S. The molecule has 0 bridgehead atoms. The maximum atomic E-state index is 13.5. The third-order valence-corrected chi connectivity index (χ3v) is 6.03. The lowest BCUT2D eigenvalue weighted by atomic mass is 9.91. The Morgan fingerprint density at radius 1 is 0.933 bits per heavy atom. The van der Waals surface area contributed by atoms with Crippen LogP contribution in [0.2, 0.25) is 0 Å². The van der Waals surface area contributed by atoms with E-state index >= 15 is 0 Å². The highest BCUT2D eigenvalue weighted by Gasteiger charge is 2.22. The van der Waals surface area contributed by atoms with Crippen LogP contribution in [0.15, 0.2) is 89.9 Å². The molecule has 0 aliphatic carbocycles. The molecule has 1 aromatic heterocycles. The Balaban J connectivity index is 1.79. The number of carbonyl (C=O) groups is 1. The molecule has 0 atom stereocenters. The fourth-order valence-corrected chi connectivity index (χ4v) is 4.61. The van der Waals surface area contributed by atoms with Gasteiger partial charge in [0.2, 0.25) is 0 Å². The Kier molecular flexibility index (Phi) is 6.52. The molecule has 4 nitrogen and oxygen atoms in total. The van der Waals surface area contributed by atoms with E-state index in [9.17, 15) is 4.79 Å². The van der Waals surface area contributed by atoms with Gasteiger partial charge in [-0.15, -0.1) is 0 Å². The predicted octanol–water partition coefficient (Wildman–Crippen LogP) is 5.00. The first-order valence-corrected chi connectivity index (χ1v) is 10.9. The number of rotatable bonds is 7. The van der Waals surface area contributed by atoms with Gasteiger partial charge in [0.1, 0.15) is 0 Å². The largest absolute Gasteiger partial charge is 0.380 e. The lowest BCUT2D eigenvalue weighted by Gasteiger charge is -2.14. The van der Waals surface area contributed by atoms with Crippen molar-refractivity contribution in [1.29, 1.82) is 0 Å². The van der Waals surface area contributed by atoms with Crippen molar-refractivity contribution < 1.29 is 9.53 Å². The van der Waals surface area contributed by atoms with Crippen LogP contribution in [0, 0.1) is 0 Å². The molecule has 0 fully saturated rings. The van der Waals surface area contributed by atoms with Crippen molar-refractivity contribution >= 4 is 27.5 Å². The molecule has 4 aromatic rings. The topological polar surface area (TPSA) is 43.6 Å². The SMILES string of the molecule is CCOCCn1c(=NC(=O)C(c2ccccc2)c2ccccc2)sc2ccccc21. The van der Waals surface area contributed by atoms with E-state index in [0.29, 0.717) is 24.6 Å². The number of nitrogens with zero attached hydrogens (tertiary/aromatic N) is 2. The Labute approximate surface area is 180 Å². The van der Waals surface area contributed by atoms with Gasteiger partial charge in [-0.2, -0.15) is 4.99 Å². The van der Waals surface area contributed by atoms with Crippen molar-refractivity contribution in [3.8, 4) is 0 Å². The van der Waals surface area contributed by atoms with Crippen molar-refractivity contribution in [3.63, 3.8) is 0 Å². The summed E-state index contributed by atoms with van der Waals surface area (Å²) < 4.78 is 8.75. The summed E-state index contributed by atoms with van der Waals surface area (Å²) >= 11 is 1.54. The van der Waals surface area contributed by atoms with Crippen LogP contribution >= 0.6 is 11.3 Å². The van der Waals surface area contributed by atoms with Gasteiger partial charge in [-0.25, -0.2) is 0 Å². The normalized spacial score (nSPS) is 12.0. The van der Waals surface area contributed by atoms with E-state index in [2.05, 4.69) is 21.7 Å². The number of fused-ring (bicyclic) bond motifs is 1. The fraction of sp³-hybridized carbons (Fsp3) is 0.200. The molecule has 1 amide bonds. The van der Waals surface area contributed by atoms with E-state index < -0.39 is 5.92 Å². The van der Waals surface area contributed by atoms with Crippen molar-refractivity contribution in [2.24, 2.45) is 4.99 Å². The average Bonchev–Trinajstić information content (AvgIpc) is 3.13. The van der Waals surface area contributed by atoms with E-state index in [0.717, 1.165) is 21.3 Å². The van der Waals surface area contributed by atoms with Gasteiger partial charge >= 0.3 is 0 Å². The first-order chi connectivity index (χ1) is 14.8. The molecule has 0 aliphatic rings. The molecule has 0 aliphatic heterocycles. The van der Waals surface area contributed by atoms with Crippen LogP contribution in [0.5, 0.6) is 0 Å². The van der Waals surface area contributed by atoms with Gasteiger partial charge in [-0.05, 0) is 30.2 Å². The molecule has 30 heavy (non-hydrogen) atoms. The first kappa shape index (κ1) is 20.3. The predicted molar refractivity (Wildman–Crippen MR) is 122 cm³/mol. The number of ether oxygens (including phenoxy) is 1. The summed E-state index contributed by atoms with van der Waals surface area (Å²) in [5.41, 5.74) is 2.96. The summed E-state index contributed by atoms with van der Waals surface area (Å²) in [6, 6.07) is 27.8. The summed E-state index contributed by atoms with van der Waals surface area (Å²) in [6.07, 6.45) is 0. The number of hydrogen-bond donors (Lipinski definition) is 0. The van der Waals surface area contributed by atoms with Gasteiger partial charge in [0, 0.05) is 13.2 Å². The smallest absolute Gasteiger partial charge is 0.260 e. The number of benzene rings is 3. The van der Waals surface area contributed by atoms with Crippen molar-refractivity contribution in [2.45, 2.75) is 19.4 Å². The second kappa shape index (κ2) is 9.65. The molecule has 0 saturated heterocycles. The summed E-state index contributed by atoms with van der Waals surface area (Å²) in [5.74, 6) is -0.595. The lowest BCUT2D eigenvalue weighted by Crippen LogP contribution is -2.22. The number of para-hydroxylation sites is 1. The molecule has 5 heteroatoms. The van der Waals surface area contributed by atoms with Crippen LogP contribution in [-0.4, -0.2) is 23.7 Å². The van der Waals surface area contributed by atoms with Gasteiger partial charge in [-0.3, -0.25) is 4.79 Å². The molecule has 0 N–H and O–H groups in total. The fourth-order valence-electron chi connectivity index (χ4n) is 3.55. The van der Waals surface area contributed by atoms with Crippen molar-refractivity contribution in [3.05, 3.63) is 101 Å². The van der Waals surface area contributed by atoms with Crippen molar-refractivity contribution in [2.75, 3.05) is 13.2 Å². The van der Waals surface area contributed by atoms with Crippen LogP contribution in [0.25, 0.3) is 10.2 Å². The first-order valence-electron chi connectivity index (χ1n) is 10.1. The number of amides is 1. The second-order valence-electron chi connectivity index (χ2n) is 6.91. The highest BCUT2D eigenvalue weighted by molar-refractivity contribution is 7.16. The summed E-state index contributed by atoms with van der Waals surface area (Å²) in [6.45, 7) is 3.89. The van der Waals surface area contributed by atoms with Gasteiger partial charge in [0.05, 0.1) is 22.7 Å². The molecule has 1 heterocycles. The van der Waals surface area contributed by atoms with Crippen molar-refractivity contribution in [1.82, 2.24) is 4.57 Å². The van der Waals surface area contributed by atoms with E-state index in [-0.39, 0.29) is 5.91 Å². The highest BCUT2D eigenvalue weighted by atomic mass is 32.1. The van der Waals surface area contributed by atoms with Crippen LogP contribution in [0.3, 0.4) is 0 Å². The van der Waals surface area contributed by atoms with Crippen LogP contribution in [0.1, 0.15) is 24.0 Å². The second-order valence-corrected chi connectivity index (χ2v) is 7.91. The standard InChI is InChI=1S/C25H24N2O2S/c1-2-29-18-17-27-21-15-9-10-16-22(21)30-25(27)26-24(28)23(19-11-5-3-6-12-19)20-13-7-4-8-14-20/h3-16,23H,2,17-18H2,1H3.